The molecule has 0 heterocycles. The van der Waals surface area contributed by atoms with E-state index in [0.29, 0.717) is 19.4 Å². The van der Waals surface area contributed by atoms with Gasteiger partial charge in [0.05, 0.1) is 12.2 Å². The molecule has 1 aliphatic carbocycles. The molecule has 128 valence electrons. The van der Waals surface area contributed by atoms with Crippen LogP contribution in [0.25, 0.3) is 0 Å². The maximum atomic E-state index is 14.0. The van der Waals surface area contributed by atoms with Crippen molar-refractivity contribution >= 4 is 5.97 Å². The van der Waals surface area contributed by atoms with E-state index in [4.69, 9.17) is 10.00 Å². The van der Waals surface area contributed by atoms with Crippen LogP contribution in [0.15, 0.2) is 42.5 Å². The Balaban J connectivity index is 1.93. The van der Waals surface area contributed by atoms with Crippen LogP contribution in [0.1, 0.15) is 41.5 Å². The highest BCUT2D eigenvalue weighted by Crippen LogP contribution is 2.43. The van der Waals surface area contributed by atoms with Crippen molar-refractivity contribution in [3.8, 4) is 6.07 Å². The molecule has 0 N–H and O–H groups in total. The molecule has 2 aromatic carbocycles. The zero-order valence-electron chi connectivity index (χ0n) is 14.2. The summed E-state index contributed by atoms with van der Waals surface area (Å²) >= 11 is 0. The first-order valence-electron chi connectivity index (χ1n) is 8.54. The Morgan fingerprint density at radius 2 is 2.08 bits per heavy atom. The summed E-state index contributed by atoms with van der Waals surface area (Å²) in [6, 6.07) is 15.1. The molecular formula is C21H20FNO2. The Morgan fingerprint density at radius 1 is 1.32 bits per heavy atom. The summed E-state index contributed by atoms with van der Waals surface area (Å²) in [6.45, 7) is 2.15. The number of esters is 1. The Morgan fingerprint density at radius 3 is 2.76 bits per heavy atom. The molecule has 4 heteroatoms. The average molecular weight is 337 g/mol. The summed E-state index contributed by atoms with van der Waals surface area (Å²) in [6.07, 6.45) is 1.70. The predicted octanol–water partition coefficient (Wildman–Crippen LogP) is 4.15. The third-order valence-electron chi connectivity index (χ3n) is 4.83. The number of benzene rings is 2. The van der Waals surface area contributed by atoms with Gasteiger partial charge in [-0.05, 0) is 60.4 Å². The van der Waals surface area contributed by atoms with E-state index in [-0.39, 0.29) is 23.4 Å². The van der Waals surface area contributed by atoms with Gasteiger partial charge in [0.25, 0.3) is 0 Å². The van der Waals surface area contributed by atoms with Crippen molar-refractivity contribution in [2.45, 2.75) is 32.1 Å². The molecule has 0 amide bonds. The van der Waals surface area contributed by atoms with E-state index >= 15 is 0 Å². The number of hydrogen-bond donors (Lipinski definition) is 0. The lowest BCUT2D eigenvalue weighted by Gasteiger charge is -2.20. The van der Waals surface area contributed by atoms with Crippen LogP contribution in [0, 0.1) is 23.1 Å². The van der Waals surface area contributed by atoms with Crippen LogP contribution in [-0.2, 0) is 22.4 Å². The van der Waals surface area contributed by atoms with Gasteiger partial charge < -0.3 is 4.74 Å². The first-order chi connectivity index (χ1) is 12.1. The van der Waals surface area contributed by atoms with E-state index in [9.17, 15) is 9.18 Å². The lowest BCUT2D eigenvalue weighted by atomic mass is 9.84. The molecule has 0 spiro atoms. The first-order valence-corrected chi connectivity index (χ1v) is 8.54. The molecule has 0 fully saturated rings. The molecule has 0 bridgehead atoms. The summed E-state index contributed by atoms with van der Waals surface area (Å²) in [7, 11) is 0. The van der Waals surface area contributed by atoms with E-state index in [1.807, 2.05) is 36.4 Å². The van der Waals surface area contributed by atoms with Crippen molar-refractivity contribution in [1.82, 2.24) is 0 Å². The van der Waals surface area contributed by atoms with E-state index < -0.39 is 5.82 Å². The van der Waals surface area contributed by atoms with Crippen LogP contribution in [0.3, 0.4) is 0 Å². The fourth-order valence-electron chi connectivity index (χ4n) is 3.71. The second kappa shape index (κ2) is 7.48. The molecule has 0 saturated carbocycles. The molecule has 2 unspecified atom stereocenters. The fourth-order valence-corrected chi connectivity index (χ4v) is 3.71. The van der Waals surface area contributed by atoms with Gasteiger partial charge in [-0.3, -0.25) is 4.79 Å². The third-order valence-corrected chi connectivity index (χ3v) is 4.83. The molecular weight excluding hydrogens is 317 g/mol. The highest BCUT2D eigenvalue weighted by atomic mass is 19.1. The number of hydrogen-bond acceptors (Lipinski definition) is 3. The smallest absolute Gasteiger partial charge is 0.306 e. The maximum absolute atomic E-state index is 14.0. The van der Waals surface area contributed by atoms with E-state index in [1.165, 1.54) is 6.07 Å². The third kappa shape index (κ3) is 3.71. The van der Waals surface area contributed by atoms with E-state index in [2.05, 4.69) is 0 Å². The molecule has 0 aromatic heterocycles. The second-order valence-electron chi connectivity index (χ2n) is 6.41. The van der Waals surface area contributed by atoms with Crippen LogP contribution in [0.2, 0.25) is 0 Å². The molecule has 3 nitrogen and oxygen atoms in total. The number of rotatable bonds is 5. The molecule has 1 aliphatic rings. The monoisotopic (exact) mass is 337 g/mol. The summed E-state index contributed by atoms with van der Waals surface area (Å²) in [4.78, 5) is 12.0. The predicted molar refractivity (Wildman–Crippen MR) is 92.4 cm³/mol. The number of carbonyl (C=O) groups is 1. The van der Waals surface area contributed by atoms with Gasteiger partial charge in [-0.15, -0.1) is 0 Å². The topological polar surface area (TPSA) is 50.1 Å². The molecule has 2 aromatic rings. The largest absolute Gasteiger partial charge is 0.466 e. The normalized spacial score (nSPS) is 18.4. The van der Waals surface area contributed by atoms with Gasteiger partial charge in [0, 0.05) is 6.42 Å². The van der Waals surface area contributed by atoms with Crippen molar-refractivity contribution in [3.63, 3.8) is 0 Å². The van der Waals surface area contributed by atoms with Gasteiger partial charge in [0.1, 0.15) is 11.9 Å². The minimum atomic E-state index is -0.489. The SMILES string of the molecule is CCOC(=O)CC1Cc2cc(F)c(C#N)cc2C1Cc1ccccc1. The van der Waals surface area contributed by atoms with Crippen molar-refractivity contribution in [3.05, 3.63) is 70.5 Å². The second-order valence-corrected chi connectivity index (χ2v) is 6.41. The number of ether oxygens (including phenoxy) is 1. The standard InChI is InChI=1S/C21H20FNO2/c1-2-25-21(24)12-16-9-15-11-20(22)17(13-23)10-19(15)18(16)8-14-6-4-3-5-7-14/h3-7,10-11,16,18H,2,8-9,12H2,1H3. The minimum absolute atomic E-state index is 0.0580. The van der Waals surface area contributed by atoms with Gasteiger partial charge in [0.15, 0.2) is 0 Å². The number of halogens is 1. The van der Waals surface area contributed by atoms with Crippen molar-refractivity contribution in [2.75, 3.05) is 6.61 Å². The maximum Gasteiger partial charge on any atom is 0.306 e. The molecule has 0 aliphatic heterocycles. The minimum Gasteiger partial charge on any atom is -0.466 e. The zero-order chi connectivity index (χ0) is 17.8. The summed E-state index contributed by atoms with van der Waals surface area (Å²) in [5.41, 5.74) is 3.11. The van der Waals surface area contributed by atoms with Gasteiger partial charge in [0.2, 0.25) is 0 Å². The van der Waals surface area contributed by atoms with Crippen LogP contribution < -0.4 is 0 Å². The lowest BCUT2D eigenvalue weighted by Crippen LogP contribution is -2.17. The Labute approximate surface area is 147 Å². The molecule has 0 radical (unpaired) electrons. The van der Waals surface area contributed by atoms with E-state index in [1.54, 1.807) is 13.0 Å². The molecule has 0 saturated heterocycles. The Bertz CT molecular complexity index is 811. The Hall–Kier alpha value is -2.67. The summed E-state index contributed by atoms with van der Waals surface area (Å²) < 4.78 is 19.1. The van der Waals surface area contributed by atoms with Gasteiger partial charge in [-0.1, -0.05) is 30.3 Å². The number of carbonyl (C=O) groups excluding carboxylic acids is 1. The molecule has 2 atom stereocenters. The number of nitriles is 1. The van der Waals surface area contributed by atoms with Crippen molar-refractivity contribution in [2.24, 2.45) is 5.92 Å². The van der Waals surface area contributed by atoms with Crippen LogP contribution in [0.4, 0.5) is 4.39 Å². The fraction of sp³-hybridized carbons (Fsp3) is 0.333. The van der Waals surface area contributed by atoms with Crippen LogP contribution in [0.5, 0.6) is 0 Å². The molecule has 25 heavy (non-hydrogen) atoms. The van der Waals surface area contributed by atoms with Crippen molar-refractivity contribution < 1.29 is 13.9 Å². The number of fused-ring (bicyclic) bond motifs is 1. The zero-order valence-corrected chi connectivity index (χ0v) is 14.2. The van der Waals surface area contributed by atoms with Gasteiger partial charge in [-0.2, -0.15) is 5.26 Å². The lowest BCUT2D eigenvalue weighted by molar-refractivity contribution is -0.144. The summed E-state index contributed by atoms with van der Waals surface area (Å²) in [5.74, 6) is -0.576. The first kappa shape index (κ1) is 17.2. The molecule has 3 rings (SSSR count). The van der Waals surface area contributed by atoms with Crippen molar-refractivity contribution in [1.29, 1.82) is 5.26 Å². The van der Waals surface area contributed by atoms with Gasteiger partial charge >= 0.3 is 5.97 Å². The quantitative estimate of drug-likeness (QED) is 0.770. The van der Waals surface area contributed by atoms with Crippen LogP contribution >= 0.6 is 0 Å². The average Bonchev–Trinajstić information content (AvgIpc) is 2.91. The summed E-state index contributed by atoms with van der Waals surface area (Å²) in [5, 5.41) is 9.14. The highest BCUT2D eigenvalue weighted by molar-refractivity contribution is 5.70. The highest BCUT2D eigenvalue weighted by Gasteiger charge is 2.35. The van der Waals surface area contributed by atoms with Crippen LogP contribution in [-0.4, -0.2) is 12.6 Å². The number of nitrogens with zero attached hydrogens (tertiary/aromatic N) is 1. The van der Waals surface area contributed by atoms with Gasteiger partial charge in [-0.25, -0.2) is 4.39 Å². The van der Waals surface area contributed by atoms with E-state index in [0.717, 1.165) is 23.1 Å². The Kier molecular flexibility index (Phi) is 5.14.